The maximum atomic E-state index is 13.4. The Hall–Kier alpha value is -0.940. The molecule has 1 aromatic carbocycles. The third kappa shape index (κ3) is 2.72. The van der Waals surface area contributed by atoms with Crippen LogP contribution < -0.4 is 5.32 Å². The van der Waals surface area contributed by atoms with Crippen molar-refractivity contribution in [1.29, 1.82) is 0 Å². The van der Waals surface area contributed by atoms with Crippen molar-refractivity contribution in [2.75, 3.05) is 20.1 Å². The third-order valence-electron chi connectivity index (χ3n) is 3.30. The average Bonchev–Trinajstić information content (AvgIpc) is 2.41. The van der Waals surface area contributed by atoms with Crippen molar-refractivity contribution in [3.63, 3.8) is 0 Å². The topological polar surface area (TPSA) is 32.3 Å². The first-order valence-electron chi connectivity index (χ1n) is 6.04. The van der Waals surface area contributed by atoms with Crippen LogP contribution in [0, 0.1) is 5.82 Å². The van der Waals surface area contributed by atoms with E-state index < -0.39 is 5.82 Å². The standard InChI is InChI=1S/C13H16BrFN2O/c1-16-9-4-3-7-17(8-9)13(18)10-5-2-6-11(15)12(10)14/h2,5-6,9,16H,3-4,7-8H2,1H3. The van der Waals surface area contributed by atoms with Gasteiger partial charge in [-0.25, -0.2) is 4.39 Å². The van der Waals surface area contributed by atoms with Crippen molar-refractivity contribution in [3.05, 3.63) is 34.1 Å². The maximum absolute atomic E-state index is 13.4. The zero-order chi connectivity index (χ0) is 13.1. The molecule has 1 aliphatic heterocycles. The maximum Gasteiger partial charge on any atom is 0.255 e. The van der Waals surface area contributed by atoms with Gasteiger partial charge in [0.1, 0.15) is 5.82 Å². The molecule has 0 aliphatic carbocycles. The van der Waals surface area contributed by atoms with Gasteiger partial charge >= 0.3 is 0 Å². The fourth-order valence-electron chi connectivity index (χ4n) is 2.24. The summed E-state index contributed by atoms with van der Waals surface area (Å²) in [5.74, 6) is -0.510. The first-order valence-corrected chi connectivity index (χ1v) is 6.83. The van der Waals surface area contributed by atoms with Gasteiger partial charge in [0.05, 0.1) is 10.0 Å². The van der Waals surface area contributed by atoms with Crippen molar-refractivity contribution in [3.8, 4) is 0 Å². The molecule has 1 saturated heterocycles. The van der Waals surface area contributed by atoms with Crippen LogP contribution in [0.2, 0.25) is 0 Å². The fourth-order valence-corrected chi connectivity index (χ4v) is 2.67. The van der Waals surface area contributed by atoms with Gasteiger partial charge in [0.25, 0.3) is 5.91 Å². The van der Waals surface area contributed by atoms with Gasteiger partial charge in [-0.05, 0) is 48.0 Å². The average molecular weight is 315 g/mol. The molecule has 2 rings (SSSR count). The lowest BCUT2D eigenvalue weighted by Gasteiger charge is -2.32. The lowest BCUT2D eigenvalue weighted by molar-refractivity contribution is 0.0696. The highest BCUT2D eigenvalue weighted by Crippen LogP contribution is 2.23. The predicted molar refractivity (Wildman–Crippen MR) is 72.1 cm³/mol. The van der Waals surface area contributed by atoms with Gasteiger partial charge in [-0.15, -0.1) is 0 Å². The van der Waals surface area contributed by atoms with E-state index in [4.69, 9.17) is 0 Å². The SMILES string of the molecule is CNC1CCCN(C(=O)c2cccc(F)c2Br)C1. The number of nitrogens with zero attached hydrogens (tertiary/aromatic N) is 1. The van der Waals surface area contributed by atoms with Crippen LogP contribution in [0.3, 0.4) is 0 Å². The summed E-state index contributed by atoms with van der Waals surface area (Å²) < 4.78 is 13.7. The van der Waals surface area contributed by atoms with Gasteiger partial charge in [-0.1, -0.05) is 6.07 Å². The molecule has 98 valence electrons. The zero-order valence-corrected chi connectivity index (χ0v) is 11.8. The summed E-state index contributed by atoms with van der Waals surface area (Å²) in [6.45, 7) is 1.41. The van der Waals surface area contributed by atoms with Crippen molar-refractivity contribution in [2.24, 2.45) is 0 Å². The number of benzene rings is 1. The quantitative estimate of drug-likeness (QED) is 0.909. The van der Waals surface area contributed by atoms with E-state index in [2.05, 4.69) is 21.2 Å². The van der Waals surface area contributed by atoms with Crippen molar-refractivity contribution < 1.29 is 9.18 Å². The minimum atomic E-state index is -0.400. The third-order valence-corrected chi connectivity index (χ3v) is 4.10. The Labute approximate surface area is 114 Å². The molecule has 1 aromatic rings. The molecule has 5 heteroatoms. The van der Waals surface area contributed by atoms with Crippen LogP contribution in [0.15, 0.2) is 22.7 Å². The molecule has 3 nitrogen and oxygen atoms in total. The summed E-state index contributed by atoms with van der Waals surface area (Å²) >= 11 is 3.14. The molecule has 1 aliphatic rings. The molecule has 1 atom stereocenters. The lowest BCUT2D eigenvalue weighted by Crippen LogP contribution is -2.47. The second-order valence-corrected chi connectivity index (χ2v) is 5.27. The minimum absolute atomic E-state index is 0.110. The normalized spacial score (nSPS) is 19.9. The number of amides is 1. The van der Waals surface area contributed by atoms with Gasteiger partial charge in [0.2, 0.25) is 0 Å². The first-order chi connectivity index (χ1) is 8.63. The van der Waals surface area contributed by atoms with E-state index in [0.717, 1.165) is 19.4 Å². The van der Waals surface area contributed by atoms with E-state index >= 15 is 0 Å². The number of halogens is 2. The van der Waals surface area contributed by atoms with Crippen molar-refractivity contribution in [1.82, 2.24) is 10.2 Å². The van der Waals surface area contributed by atoms with E-state index in [1.54, 1.807) is 17.0 Å². The number of carbonyl (C=O) groups is 1. The Morgan fingerprint density at radius 3 is 3.06 bits per heavy atom. The van der Waals surface area contributed by atoms with Crippen LogP contribution in [-0.4, -0.2) is 37.0 Å². The summed E-state index contributed by atoms with van der Waals surface area (Å²) in [4.78, 5) is 14.1. The molecule has 1 unspecified atom stereocenters. The molecule has 1 heterocycles. The van der Waals surface area contributed by atoms with Crippen LogP contribution >= 0.6 is 15.9 Å². The fraction of sp³-hybridized carbons (Fsp3) is 0.462. The van der Waals surface area contributed by atoms with Crippen LogP contribution in [0.1, 0.15) is 23.2 Å². The van der Waals surface area contributed by atoms with Crippen LogP contribution in [0.4, 0.5) is 4.39 Å². The molecule has 1 N–H and O–H groups in total. The largest absolute Gasteiger partial charge is 0.337 e. The van der Waals surface area contributed by atoms with Crippen LogP contribution in [0.25, 0.3) is 0 Å². The van der Waals surface area contributed by atoms with Crippen molar-refractivity contribution in [2.45, 2.75) is 18.9 Å². The number of likely N-dealkylation sites (N-methyl/N-ethyl adjacent to an activating group) is 1. The van der Waals surface area contributed by atoms with E-state index in [1.807, 2.05) is 7.05 Å². The van der Waals surface area contributed by atoms with Gasteiger partial charge < -0.3 is 10.2 Å². The molecule has 1 amide bonds. The molecule has 0 radical (unpaired) electrons. The van der Waals surface area contributed by atoms with Gasteiger partial charge in [0.15, 0.2) is 0 Å². The van der Waals surface area contributed by atoms with Gasteiger partial charge in [-0.2, -0.15) is 0 Å². The highest BCUT2D eigenvalue weighted by Gasteiger charge is 2.25. The number of carbonyl (C=O) groups excluding carboxylic acids is 1. The van der Waals surface area contributed by atoms with Crippen LogP contribution in [0.5, 0.6) is 0 Å². The Morgan fingerprint density at radius 2 is 2.33 bits per heavy atom. The summed E-state index contributed by atoms with van der Waals surface area (Å²) in [6, 6.07) is 4.88. The zero-order valence-electron chi connectivity index (χ0n) is 10.2. The molecule has 18 heavy (non-hydrogen) atoms. The smallest absolute Gasteiger partial charge is 0.255 e. The summed E-state index contributed by atoms with van der Waals surface area (Å²) in [5, 5.41) is 3.19. The first kappa shape index (κ1) is 13.5. The number of nitrogens with one attached hydrogen (secondary N) is 1. The van der Waals surface area contributed by atoms with Gasteiger partial charge in [-0.3, -0.25) is 4.79 Å². The Bertz CT molecular complexity index is 453. The molecule has 0 spiro atoms. The highest BCUT2D eigenvalue weighted by atomic mass is 79.9. The predicted octanol–water partition coefficient (Wildman–Crippen LogP) is 2.41. The van der Waals surface area contributed by atoms with E-state index in [1.165, 1.54) is 6.07 Å². The number of likely N-dealkylation sites (tertiary alicyclic amines) is 1. The molecule has 0 saturated carbocycles. The summed E-state index contributed by atoms with van der Waals surface area (Å²) in [7, 11) is 1.90. The Balaban J connectivity index is 2.18. The van der Waals surface area contributed by atoms with Gasteiger partial charge in [0, 0.05) is 19.1 Å². The summed E-state index contributed by atoms with van der Waals surface area (Å²) in [6.07, 6.45) is 2.05. The molecular formula is C13H16BrFN2O. The Kier molecular flexibility index (Phi) is 4.35. The molecule has 0 aromatic heterocycles. The Morgan fingerprint density at radius 1 is 1.56 bits per heavy atom. The van der Waals surface area contributed by atoms with E-state index in [9.17, 15) is 9.18 Å². The summed E-state index contributed by atoms with van der Waals surface area (Å²) in [5.41, 5.74) is 0.395. The second kappa shape index (κ2) is 5.80. The molecular weight excluding hydrogens is 299 g/mol. The van der Waals surface area contributed by atoms with E-state index in [-0.39, 0.29) is 10.4 Å². The molecule has 1 fully saturated rings. The number of rotatable bonds is 2. The molecule has 0 bridgehead atoms. The van der Waals surface area contributed by atoms with E-state index in [0.29, 0.717) is 18.2 Å². The lowest BCUT2D eigenvalue weighted by atomic mass is 10.0. The second-order valence-electron chi connectivity index (χ2n) is 4.48. The highest BCUT2D eigenvalue weighted by molar-refractivity contribution is 9.10. The monoisotopic (exact) mass is 314 g/mol. The van der Waals surface area contributed by atoms with Crippen LogP contribution in [-0.2, 0) is 0 Å². The number of hydrogen-bond donors (Lipinski definition) is 1. The number of piperidine rings is 1. The number of hydrogen-bond acceptors (Lipinski definition) is 2. The van der Waals surface area contributed by atoms with Crippen molar-refractivity contribution >= 4 is 21.8 Å². The minimum Gasteiger partial charge on any atom is -0.337 e.